The highest BCUT2D eigenvalue weighted by atomic mass is 15.1. The van der Waals surface area contributed by atoms with Crippen LogP contribution in [0.15, 0.2) is 54.9 Å². The Morgan fingerprint density at radius 2 is 1.56 bits per heavy atom. The van der Waals surface area contributed by atoms with Crippen molar-refractivity contribution in [2.75, 3.05) is 12.4 Å². The quantitative estimate of drug-likeness (QED) is 0.740. The van der Waals surface area contributed by atoms with E-state index in [1.165, 1.54) is 10.8 Å². The van der Waals surface area contributed by atoms with Crippen molar-refractivity contribution in [3.8, 4) is 11.1 Å². The summed E-state index contributed by atoms with van der Waals surface area (Å²) in [5.74, 6) is 0.638. The molecule has 0 fully saturated rings. The third-order valence-corrected chi connectivity index (χ3v) is 2.96. The minimum Gasteiger partial charge on any atom is -0.357 e. The molecule has 1 heterocycles. The first-order valence-corrected chi connectivity index (χ1v) is 5.86. The first-order valence-electron chi connectivity index (χ1n) is 5.86. The summed E-state index contributed by atoms with van der Waals surface area (Å²) < 4.78 is 0. The van der Waals surface area contributed by atoms with Gasteiger partial charge in [0.05, 0.1) is 0 Å². The molecule has 0 atom stereocenters. The lowest BCUT2D eigenvalue weighted by Gasteiger charge is -2.04. The van der Waals surface area contributed by atoms with Crippen molar-refractivity contribution < 1.29 is 0 Å². The van der Waals surface area contributed by atoms with Gasteiger partial charge < -0.3 is 5.32 Å². The van der Waals surface area contributed by atoms with Crippen molar-refractivity contribution in [1.29, 1.82) is 0 Å². The number of hydrogen-bond donors (Lipinski definition) is 1. The van der Waals surface area contributed by atoms with Crippen LogP contribution in [0.3, 0.4) is 0 Å². The van der Waals surface area contributed by atoms with Gasteiger partial charge in [-0.25, -0.2) is 9.97 Å². The van der Waals surface area contributed by atoms with Crippen molar-refractivity contribution in [3.05, 3.63) is 54.9 Å². The molecule has 0 aliphatic rings. The fourth-order valence-corrected chi connectivity index (χ4v) is 1.98. The molecule has 0 amide bonds. The van der Waals surface area contributed by atoms with E-state index in [-0.39, 0.29) is 0 Å². The van der Waals surface area contributed by atoms with Crippen molar-refractivity contribution in [2.45, 2.75) is 0 Å². The average molecular weight is 235 g/mol. The van der Waals surface area contributed by atoms with Crippen LogP contribution in [0.5, 0.6) is 0 Å². The molecule has 0 spiro atoms. The maximum Gasteiger partial charge on any atom is 0.222 e. The molecule has 0 radical (unpaired) electrons. The second-order valence-corrected chi connectivity index (χ2v) is 4.11. The van der Waals surface area contributed by atoms with E-state index < -0.39 is 0 Å². The normalized spacial score (nSPS) is 10.5. The minimum absolute atomic E-state index is 0.638. The van der Waals surface area contributed by atoms with Crippen LogP contribution in [0, 0.1) is 0 Å². The van der Waals surface area contributed by atoms with Gasteiger partial charge in [-0.05, 0) is 22.4 Å². The van der Waals surface area contributed by atoms with Gasteiger partial charge in [0.25, 0.3) is 0 Å². The second-order valence-electron chi connectivity index (χ2n) is 4.11. The number of fused-ring (bicyclic) bond motifs is 1. The van der Waals surface area contributed by atoms with E-state index in [0.29, 0.717) is 5.95 Å². The van der Waals surface area contributed by atoms with Gasteiger partial charge in [-0.3, -0.25) is 0 Å². The van der Waals surface area contributed by atoms with Crippen LogP contribution >= 0.6 is 0 Å². The van der Waals surface area contributed by atoms with Gasteiger partial charge in [0.2, 0.25) is 5.95 Å². The summed E-state index contributed by atoms with van der Waals surface area (Å²) in [4.78, 5) is 8.46. The highest BCUT2D eigenvalue weighted by molar-refractivity contribution is 5.87. The molecule has 0 bridgehead atoms. The van der Waals surface area contributed by atoms with Gasteiger partial charge in [-0.2, -0.15) is 0 Å². The molecule has 18 heavy (non-hydrogen) atoms. The Labute approximate surface area is 106 Å². The molecule has 0 saturated carbocycles. The Morgan fingerprint density at radius 3 is 2.28 bits per heavy atom. The smallest absolute Gasteiger partial charge is 0.222 e. The van der Waals surface area contributed by atoms with E-state index in [1.807, 2.05) is 31.6 Å². The summed E-state index contributed by atoms with van der Waals surface area (Å²) in [6.07, 6.45) is 3.67. The molecular weight excluding hydrogens is 222 g/mol. The van der Waals surface area contributed by atoms with Crippen LogP contribution in [-0.4, -0.2) is 17.0 Å². The maximum absolute atomic E-state index is 4.23. The molecule has 1 aromatic heterocycles. The number of aromatic nitrogens is 2. The number of benzene rings is 2. The largest absolute Gasteiger partial charge is 0.357 e. The highest BCUT2D eigenvalue weighted by Crippen LogP contribution is 2.23. The Kier molecular flexibility index (Phi) is 2.65. The first-order chi connectivity index (χ1) is 8.86. The molecule has 3 rings (SSSR count). The SMILES string of the molecule is CNc1ncc(-c2ccc3ccccc3c2)cn1. The van der Waals surface area contributed by atoms with E-state index in [2.05, 4.69) is 45.6 Å². The monoisotopic (exact) mass is 235 g/mol. The Morgan fingerprint density at radius 1 is 0.833 bits per heavy atom. The topological polar surface area (TPSA) is 37.8 Å². The van der Waals surface area contributed by atoms with E-state index >= 15 is 0 Å². The van der Waals surface area contributed by atoms with E-state index in [0.717, 1.165) is 11.1 Å². The summed E-state index contributed by atoms with van der Waals surface area (Å²) in [5.41, 5.74) is 2.16. The standard InChI is InChI=1S/C15H13N3/c1-16-15-17-9-14(10-18-15)13-7-6-11-4-2-3-5-12(11)8-13/h2-10H,1H3,(H,16,17,18). The Bertz CT molecular complexity index is 675. The number of hydrogen-bond acceptors (Lipinski definition) is 3. The first kappa shape index (κ1) is 10.7. The predicted molar refractivity (Wildman–Crippen MR) is 74.5 cm³/mol. The van der Waals surface area contributed by atoms with Crippen molar-refractivity contribution in [3.63, 3.8) is 0 Å². The molecule has 88 valence electrons. The van der Waals surface area contributed by atoms with Gasteiger partial charge in [0.1, 0.15) is 0 Å². The lowest BCUT2D eigenvalue weighted by molar-refractivity contribution is 1.15. The predicted octanol–water partition coefficient (Wildman–Crippen LogP) is 3.34. The number of nitrogens with zero attached hydrogens (tertiary/aromatic N) is 2. The van der Waals surface area contributed by atoms with Crippen LogP contribution in [0.1, 0.15) is 0 Å². The van der Waals surface area contributed by atoms with Crippen LogP contribution in [-0.2, 0) is 0 Å². The Balaban J connectivity index is 2.07. The summed E-state index contributed by atoms with van der Waals surface area (Å²) in [6.45, 7) is 0. The lowest BCUT2D eigenvalue weighted by Crippen LogP contribution is -1.95. The molecule has 3 nitrogen and oxygen atoms in total. The van der Waals surface area contributed by atoms with E-state index in [1.54, 1.807) is 0 Å². The van der Waals surface area contributed by atoms with Crippen LogP contribution < -0.4 is 5.32 Å². The molecule has 0 aliphatic heterocycles. The van der Waals surface area contributed by atoms with Crippen LogP contribution in [0.2, 0.25) is 0 Å². The van der Waals surface area contributed by atoms with E-state index in [4.69, 9.17) is 0 Å². The van der Waals surface area contributed by atoms with Gasteiger partial charge in [0.15, 0.2) is 0 Å². The second kappa shape index (κ2) is 4.45. The van der Waals surface area contributed by atoms with Crippen molar-refractivity contribution in [1.82, 2.24) is 9.97 Å². The molecule has 0 unspecified atom stereocenters. The summed E-state index contributed by atoms with van der Waals surface area (Å²) in [7, 11) is 1.81. The highest BCUT2D eigenvalue weighted by Gasteiger charge is 2.01. The number of anilines is 1. The van der Waals surface area contributed by atoms with E-state index in [9.17, 15) is 0 Å². The van der Waals surface area contributed by atoms with Crippen LogP contribution in [0.4, 0.5) is 5.95 Å². The third-order valence-electron chi connectivity index (χ3n) is 2.96. The molecule has 2 aromatic carbocycles. The lowest BCUT2D eigenvalue weighted by atomic mass is 10.0. The summed E-state index contributed by atoms with van der Waals surface area (Å²) >= 11 is 0. The zero-order valence-corrected chi connectivity index (χ0v) is 10.1. The number of nitrogens with one attached hydrogen (secondary N) is 1. The molecule has 0 aliphatic carbocycles. The van der Waals surface area contributed by atoms with Gasteiger partial charge in [-0.15, -0.1) is 0 Å². The van der Waals surface area contributed by atoms with Gasteiger partial charge in [-0.1, -0.05) is 36.4 Å². The zero-order chi connectivity index (χ0) is 12.4. The number of rotatable bonds is 2. The van der Waals surface area contributed by atoms with Crippen molar-refractivity contribution in [2.24, 2.45) is 0 Å². The minimum atomic E-state index is 0.638. The Hall–Kier alpha value is -2.42. The third kappa shape index (κ3) is 1.91. The van der Waals surface area contributed by atoms with Gasteiger partial charge >= 0.3 is 0 Å². The molecular formula is C15H13N3. The molecule has 3 aromatic rings. The maximum atomic E-state index is 4.23. The van der Waals surface area contributed by atoms with Gasteiger partial charge in [0, 0.05) is 25.0 Å². The van der Waals surface area contributed by atoms with Crippen molar-refractivity contribution >= 4 is 16.7 Å². The molecule has 3 heteroatoms. The molecule has 1 N–H and O–H groups in total. The fraction of sp³-hybridized carbons (Fsp3) is 0.0667. The zero-order valence-electron chi connectivity index (χ0n) is 10.1. The fourth-order valence-electron chi connectivity index (χ4n) is 1.98. The van der Waals surface area contributed by atoms with Crippen LogP contribution in [0.25, 0.3) is 21.9 Å². The summed E-state index contributed by atoms with van der Waals surface area (Å²) in [6, 6.07) is 14.7. The molecule has 0 saturated heterocycles. The summed E-state index contributed by atoms with van der Waals surface area (Å²) in [5, 5.41) is 5.39. The average Bonchev–Trinajstić information content (AvgIpc) is 2.47.